The van der Waals surface area contributed by atoms with E-state index in [4.69, 9.17) is 4.52 Å². The van der Waals surface area contributed by atoms with Crippen molar-refractivity contribution in [1.29, 1.82) is 0 Å². The van der Waals surface area contributed by atoms with Gasteiger partial charge in [-0.1, -0.05) is 12.1 Å². The van der Waals surface area contributed by atoms with Gasteiger partial charge >= 0.3 is 0 Å². The Bertz CT molecular complexity index is 662. The van der Waals surface area contributed by atoms with Gasteiger partial charge in [-0.25, -0.2) is 0 Å². The van der Waals surface area contributed by atoms with E-state index < -0.39 is 0 Å². The van der Waals surface area contributed by atoms with Crippen LogP contribution in [0.15, 0.2) is 34.9 Å². The summed E-state index contributed by atoms with van der Waals surface area (Å²) in [6.45, 7) is 5.69. The molecule has 116 valence electrons. The standard InChI is InChI=1S/C16H19N3O3/c1-4-10(2)17-15(20)12-5-7-13(8-6-12)16(21)18-14-9-11(3)22-19-14/h5-10H,4H2,1-3H3,(H,17,20)(H,18,19,21). The van der Waals surface area contributed by atoms with Gasteiger partial charge in [0.2, 0.25) is 0 Å². The largest absolute Gasteiger partial charge is 0.360 e. The zero-order valence-electron chi connectivity index (χ0n) is 12.8. The van der Waals surface area contributed by atoms with Crippen LogP contribution in [0, 0.1) is 6.92 Å². The third kappa shape index (κ3) is 3.94. The highest BCUT2D eigenvalue weighted by atomic mass is 16.5. The van der Waals surface area contributed by atoms with E-state index in [1.54, 1.807) is 37.3 Å². The Labute approximate surface area is 128 Å². The number of carbonyl (C=O) groups excluding carboxylic acids is 2. The molecular formula is C16H19N3O3. The predicted octanol–water partition coefficient (Wildman–Crippen LogP) is 2.76. The summed E-state index contributed by atoms with van der Waals surface area (Å²) in [7, 11) is 0. The monoisotopic (exact) mass is 301 g/mol. The van der Waals surface area contributed by atoms with Crippen molar-refractivity contribution < 1.29 is 14.1 Å². The lowest BCUT2D eigenvalue weighted by molar-refractivity contribution is 0.0937. The van der Waals surface area contributed by atoms with Gasteiger partial charge in [0.1, 0.15) is 5.76 Å². The molecule has 2 N–H and O–H groups in total. The fourth-order valence-corrected chi connectivity index (χ4v) is 1.80. The zero-order chi connectivity index (χ0) is 16.1. The number of hydrogen-bond acceptors (Lipinski definition) is 4. The number of aryl methyl sites for hydroxylation is 1. The summed E-state index contributed by atoms with van der Waals surface area (Å²) in [5.41, 5.74) is 0.967. The number of anilines is 1. The van der Waals surface area contributed by atoms with Crippen LogP contribution in [0.2, 0.25) is 0 Å². The molecule has 2 amide bonds. The van der Waals surface area contributed by atoms with Crippen molar-refractivity contribution in [2.24, 2.45) is 0 Å². The molecule has 0 saturated carbocycles. The highest BCUT2D eigenvalue weighted by Gasteiger charge is 2.12. The molecule has 0 aliphatic carbocycles. The van der Waals surface area contributed by atoms with Crippen molar-refractivity contribution in [3.8, 4) is 0 Å². The number of carbonyl (C=O) groups is 2. The molecule has 0 radical (unpaired) electrons. The maximum absolute atomic E-state index is 12.0. The van der Waals surface area contributed by atoms with Crippen LogP contribution in [-0.4, -0.2) is 23.0 Å². The van der Waals surface area contributed by atoms with Crippen molar-refractivity contribution in [3.63, 3.8) is 0 Å². The van der Waals surface area contributed by atoms with E-state index in [2.05, 4.69) is 15.8 Å². The number of nitrogens with zero attached hydrogens (tertiary/aromatic N) is 1. The molecule has 0 aliphatic rings. The fourth-order valence-electron chi connectivity index (χ4n) is 1.80. The molecule has 2 rings (SSSR count). The smallest absolute Gasteiger partial charge is 0.256 e. The summed E-state index contributed by atoms with van der Waals surface area (Å²) in [6, 6.07) is 8.21. The van der Waals surface area contributed by atoms with Crippen molar-refractivity contribution in [2.45, 2.75) is 33.2 Å². The highest BCUT2D eigenvalue weighted by Crippen LogP contribution is 2.11. The quantitative estimate of drug-likeness (QED) is 0.889. The van der Waals surface area contributed by atoms with Gasteiger partial charge in [0.25, 0.3) is 11.8 Å². The average Bonchev–Trinajstić information content (AvgIpc) is 2.92. The Kier molecular flexibility index (Phi) is 4.93. The SMILES string of the molecule is CCC(C)NC(=O)c1ccc(C(=O)Nc2cc(C)on2)cc1. The minimum Gasteiger partial charge on any atom is -0.360 e. The van der Waals surface area contributed by atoms with Gasteiger partial charge in [-0.05, 0) is 44.5 Å². The Hall–Kier alpha value is -2.63. The molecule has 0 aliphatic heterocycles. The molecule has 6 heteroatoms. The molecule has 2 aromatic rings. The van der Waals surface area contributed by atoms with Crippen LogP contribution in [0.3, 0.4) is 0 Å². The second kappa shape index (κ2) is 6.89. The first kappa shape index (κ1) is 15.8. The summed E-state index contributed by atoms with van der Waals surface area (Å²) in [6.07, 6.45) is 0.864. The van der Waals surface area contributed by atoms with Crippen LogP contribution in [0.5, 0.6) is 0 Å². The summed E-state index contributed by atoms with van der Waals surface area (Å²) in [5.74, 6) is 0.532. The molecule has 0 bridgehead atoms. The maximum Gasteiger partial charge on any atom is 0.256 e. The Morgan fingerprint density at radius 2 is 1.77 bits per heavy atom. The lowest BCUT2D eigenvalue weighted by Gasteiger charge is -2.11. The van der Waals surface area contributed by atoms with Crippen molar-refractivity contribution >= 4 is 17.6 Å². The average molecular weight is 301 g/mol. The highest BCUT2D eigenvalue weighted by molar-refractivity contribution is 6.04. The summed E-state index contributed by atoms with van der Waals surface area (Å²) in [4.78, 5) is 24.0. The lowest BCUT2D eigenvalue weighted by atomic mass is 10.1. The van der Waals surface area contributed by atoms with Crippen LogP contribution in [0.1, 0.15) is 46.7 Å². The number of amides is 2. The number of nitrogens with one attached hydrogen (secondary N) is 2. The molecule has 0 saturated heterocycles. The van der Waals surface area contributed by atoms with Crippen LogP contribution in [0.25, 0.3) is 0 Å². The second-order valence-corrected chi connectivity index (χ2v) is 5.14. The van der Waals surface area contributed by atoms with E-state index in [0.717, 1.165) is 6.42 Å². The van der Waals surface area contributed by atoms with Gasteiger partial charge in [0, 0.05) is 23.2 Å². The third-order valence-corrected chi connectivity index (χ3v) is 3.27. The molecule has 22 heavy (non-hydrogen) atoms. The van der Waals surface area contributed by atoms with E-state index in [-0.39, 0.29) is 17.9 Å². The van der Waals surface area contributed by atoms with Gasteiger partial charge < -0.3 is 15.2 Å². The summed E-state index contributed by atoms with van der Waals surface area (Å²) >= 11 is 0. The van der Waals surface area contributed by atoms with Crippen molar-refractivity contribution in [3.05, 3.63) is 47.2 Å². The Balaban J connectivity index is 2.02. The first-order chi connectivity index (χ1) is 10.5. The van der Waals surface area contributed by atoms with E-state index >= 15 is 0 Å². The van der Waals surface area contributed by atoms with Crippen LogP contribution in [0.4, 0.5) is 5.82 Å². The normalized spacial score (nSPS) is 11.8. The lowest BCUT2D eigenvalue weighted by Crippen LogP contribution is -2.31. The molecule has 1 heterocycles. The molecule has 0 spiro atoms. The van der Waals surface area contributed by atoms with Gasteiger partial charge in [0.15, 0.2) is 5.82 Å². The molecule has 6 nitrogen and oxygen atoms in total. The maximum atomic E-state index is 12.0. The predicted molar refractivity (Wildman–Crippen MR) is 82.9 cm³/mol. The number of aromatic nitrogens is 1. The molecular weight excluding hydrogens is 282 g/mol. The summed E-state index contributed by atoms with van der Waals surface area (Å²) < 4.78 is 4.88. The van der Waals surface area contributed by atoms with E-state index in [9.17, 15) is 9.59 Å². The molecule has 1 unspecified atom stereocenters. The number of benzene rings is 1. The van der Waals surface area contributed by atoms with Crippen molar-refractivity contribution in [2.75, 3.05) is 5.32 Å². The van der Waals surface area contributed by atoms with E-state index in [1.165, 1.54) is 0 Å². The number of hydrogen-bond donors (Lipinski definition) is 2. The Morgan fingerprint density at radius 3 is 2.27 bits per heavy atom. The third-order valence-electron chi connectivity index (χ3n) is 3.27. The van der Waals surface area contributed by atoms with Crippen molar-refractivity contribution in [1.82, 2.24) is 10.5 Å². The zero-order valence-corrected chi connectivity index (χ0v) is 12.8. The minimum absolute atomic E-state index is 0.117. The second-order valence-electron chi connectivity index (χ2n) is 5.14. The molecule has 1 aromatic carbocycles. The minimum atomic E-state index is -0.304. The van der Waals surface area contributed by atoms with E-state index in [0.29, 0.717) is 22.7 Å². The van der Waals surface area contributed by atoms with Gasteiger partial charge in [-0.2, -0.15) is 0 Å². The van der Waals surface area contributed by atoms with Crippen LogP contribution < -0.4 is 10.6 Å². The molecule has 1 atom stereocenters. The molecule has 1 aromatic heterocycles. The first-order valence-electron chi connectivity index (χ1n) is 7.15. The Morgan fingerprint density at radius 1 is 1.18 bits per heavy atom. The fraction of sp³-hybridized carbons (Fsp3) is 0.312. The first-order valence-corrected chi connectivity index (χ1v) is 7.15. The van der Waals surface area contributed by atoms with Crippen LogP contribution in [-0.2, 0) is 0 Å². The topological polar surface area (TPSA) is 84.2 Å². The number of rotatable bonds is 5. The molecule has 0 fully saturated rings. The van der Waals surface area contributed by atoms with Gasteiger partial charge in [-0.3, -0.25) is 9.59 Å². The van der Waals surface area contributed by atoms with Gasteiger partial charge in [0.05, 0.1) is 0 Å². The van der Waals surface area contributed by atoms with Gasteiger partial charge in [-0.15, -0.1) is 0 Å². The summed E-state index contributed by atoms with van der Waals surface area (Å²) in [5, 5.41) is 9.20. The van der Waals surface area contributed by atoms with E-state index in [1.807, 2.05) is 13.8 Å². The van der Waals surface area contributed by atoms with Crippen LogP contribution >= 0.6 is 0 Å².